The van der Waals surface area contributed by atoms with Crippen molar-refractivity contribution in [3.05, 3.63) is 130 Å². The van der Waals surface area contributed by atoms with Crippen LogP contribution in [0.4, 0.5) is 5.69 Å². The number of nitrogens with zero attached hydrogens (tertiary/aromatic N) is 2. The molecule has 1 aliphatic rings. The second-order valence-electron chi connectivity index (χ2n) is 12.0. The number of benzene rings is 4. The number of halogens is 2. The Balaban J connectivity index is 1.58. The van der Waals surface area contributed by atoms with E-state index in [0.29, 0.717) is 5.02 Å². The molecule has 1 saturated carbocycles. The average Bonchev–Trinajstić information content (AvgIpc) is 3.07. The number of hydrogen-bond acceptors (Lipinski definition) is 4. The molecule has 0 spiro atoms. The Labute approximate surface area is 287 Å². The van der Waals surface area contributed by atoms with Crippen LogP contribution in [-0.2, 0) is 32.6 Å². The SMILES string of the molecule is Cc1cccc(CN(C(=O)CN(c2ccc(Cl)cc2Cl)S(=O)(=O)c2ccccc2)[C@@H](Cc2ccccc2)C(=O)NC2CCCCC2)c1. The van der Waals surface area contributed by atoms with Crippen LogP contribution in [0.2, 0.25) is 10.0 Å². The van der Waals surface area contributed by atoms with Gasteiger partial charge in [0, 0.05) is 24.0 Å². The highest BCUT2D eigenvalue weighted by molar-refractivity contribution is 7.92. The predicted molar refractivity (Wildman–Crippen MR) is 188 cm³/mol. The fourth-order valence-electron chi connectivity index (χ4n) is 6.02. The molecule has 47 heavy (non-hydrogen) atoms. The van der Waals surface area contributed by atoms with Crippen molar-refractivity contribution in [3.8, 4) is 0 Å². The van der Waals surface area contributed by atoms with E-state index in [2.05, 4.69) is 5.32 Å². The molecule has 1 aliphatic carbocycles. The van der Waals surface area contributed by atoms with Crippen molar-refractivity contribution in [1.82, 2.24) is 10.2 Å². The number of nitrogens with one attached hydrogen (secondary N) is 1. The van der Waals surface area contributed by atoms with E-state index in [0.717, 1.165) is 53.1 Å². The Morgan fingerprint density at radius 2 is 1.49 bits per heavy atom. The summed E-state index contributed by atoms with van der Waals surface area (Å²) >= 11 is 12.8. The fraction of sp³-hybridized carbons (Fsp3) is 0.297. The van der Waals surface area contributed by atoms with Gasteiger partial charge in [0.2, 0.25) is 11.8 Å². The third-order valence-corrected chi connectivity index (χ3v) is 10.8. The average molecular weight is 693 g/mol. The third-order valence-electron chi connectivity index (χ3n) is 8.45. The van der Waals surface area contributed by atoms with Gasteiger partial charge in [-0.25, -0.2) is 8.42 Å². The van der Waals surface area contributed by atoms with Crippen molar-refractivity contribution in [2.24, 2.45) is 0 Å². The van der Waals surface area contributed by atoms with E-state index in [9.17, 15) is 18.0 Å². The van der Waals surface area contributed by atoms with Gasteiger partial charge in [-0.3, -0.25) is 13.9 Å². The topological polar surface area (TPSA) is 86.8 Å². The van der Waals surface area contributed by atoms with Gasteiger partial charge in [0.05, 0.1) is 15.6 Å². The molecule has 5 rings (SSSR count). The molecule has 246 valence electrons. The van der Waals surface area contributed by atoms with E-state index >= 15 is 0 Å². The highest BCUT2D eigenvalue weighted by Gasteiger charge is 2.36. The first-order valence-electron chi connectivity index (χ1n) is 15.8. The molecule has 10 heteroatoms. The Hall–Kier alpha value is -3.85. The van der Waals surface area contributed by atoms with Crippen LogP contribution < -0.4 is 9.62 Å². The Bertz CT molecular complexity index is 1780. The summed E-state index contributed by atoms with van der Waals surface area (Å²) in [5.74, 6) is -0.805. The summed E-state index contributed by atoms with van der Waals surface area (Å²) in [6, 6.07) is 28.7. The molecule has 0 aliphatic heterocycles. The number of anilines is 1. The first-order chi connectivity index (χ1) is 22.6. The summed E-state index contributed by atoms with van der Waals surface area (Å²) in [5.41, 5.74) is 2.81. The van der Waals surface area contributed by atoms with Gasteiger partial charge < -0.3 is 10.2 Å². The summed E-state index contributed by atoms with van der Waals surface area (Å²) in [4.78, 5) is 30.4. The van der Waals surface area contributed by atoms with Crippen molar-refractivity contribution in [3.63, 3.8) is 0 Å². The number of sulfonamides is 1. The minimum atomic E-state index is -4.27. The maximum atomic E-state index is 14.7. The maximum Gasteiger partial charge on any atom is 0.264 e. The van der Waals surface area contributed by atoms with Gasteiger partial charge in [-0.2, -0.15) is 0 Å². The number of amides is 2. The highest BCUT2D eigenvalue weighted by Crippen LogP contribution is 2.33. The highest BCUT2D eigenvalue weighted by atomic mass is 35.5. The molecule has 1 fully saturated rings. The first-order valence-corrected chi connectivity index (χ1v) is 18.0. The summed E-state index contributed by atoms with van der Waals surface area (Å²) in [6.45, 7) is 1.47. The summed E-state index contributed by atoms with van der Waals surface area (Å²) < 4.78 is 29.4. The second kappa shape index (κ2) is 15.8. The molecule has 1 atom stereocenters. The van der Waals surface area contributed by atoms with Crippen LogP contribution in [0.3, 0.4) is 0 Å². The van der Waals surface area contributed by atoms with Crippen molar-refractivity contribution in [1.29, 1.82) is 0 Å². The molecule has 7 nitrogen and oxygen atoms in total. The molecule has 0 saturated heterocycles. The van der Waals surface area contributed by atoms with Gasteiger partial charge >= 0.3 is 0 Å². The van der Waals surface area contributed by atoms with Gasteiger partial charge in [0.1, 0.15) is 12.6 Å². The van der Waals surface area contributed by atoms with Gasteiger partial charge in [-0.15, -0.1) is 0 Å². The Morgan fingerprint density at radius 3 is 2.15 bits per heavy atom. The van der Waals surface area contributed by atoms with Gasteiger partial charge in [0.15, 0.2) is 0 Å². The quantitative estimate of drug-likeness (QED) is 0.166. The van der Waals surface area contributed by atoms with E-state index in [1.54, 1.807) is 18.2 Å². The van der Waals surface area contributed by atoms with Crippen LogP contribution in [0.25, 0.3) is 0 Å². The maximum absolute atomic E-state index is 14.7. The van der Waals surface area contributed by atoms with Gasteiger partial charge in [-0.05, 0) is 61.2 Å². The molecule has 0 unspecified atom stereocenters. The van der Waals surface area contributed by atoms with Crippen LogP contribution in [0, 0.1) is 6.92 Å². The lowest BCUT2D eigenvalue weighted by molar-refractivity contribution is -0.140. The standard InChI is InChI=1S/C37H39Cl2N3O4S/c1-27-12-11-15-29(22-27)25-41(35(23-28-13-5-2-6-14-28)37(44)40-31-16-7-3-8-17-31)36(43)26-42(34-21-20-30(38)24-33(34)39)47(45,46)32-18-9-4-10-19-32/h2,4-6,9-15,18-22,24,31,35H,3,7-8,16-17,23,25-26H2,1H3,(H,40,44)/t35-/m0/s1. The summed E-state index contributed by atoms with van der Waals surface area (Å²) in [5, 5.41) is 3.63. The van der Waals surface area contributed by atoms with Crippen LogP contribution >= 0.6 is 23.2 Å². The normalized spacial score (nSPS) is 14.3. The molecule has 1 N–H and O–H groups in total. The molecular weight excluding hydrogens is 653 g/mol. The van der Waals surface area contributed by atoms with Crippen LogP contribution in [-0.4, -0.2) is 43.8 Å². The summed E-state index contributed by atoms with van der Waals surface area (Å²) in [6.07, 6.45) is 5.23. The number of aryl methyl sites for hydroxylation is 1. The number of rotatable bonds is 12. The molecule has 4 aromatic rings. The van der Waals surface area contributed by atoms with Crippen molar-refractivity contribution in [2.75, 3.05) is 10.8 Å². The van der Waals surface area contributed by atoms with E-state index in [-0.39, 0.29) is 40.5 Å². The Morgan fingerprint density at radius 1 is 0.830 bits per heavy atom. The van der Waals surface area contributed by atoms with E-state index < -0.39 is 28.5 Å². The molecule has 4 aromatic carbocycles. The number of carbonyl (C=O) groups is 2. The second-order valence-corrected chi connectivity index (χ2v) is 14.7. The Kier molecular flexibility index (Phi) is 11.6. The molecule has 0 aromatic heterocycles. The lowest BCUT2D eigenvalue weighted by Crippen LogP contribution is -2.55. The first kappa shape index (κ1) is 34.5. The van der Waals surface area contributed by atoms with Crippen molar-refractivity contribution in [2.45, 2.75) is 69.0 Å². The lowest BCUT2D eigenvalue weighted by Gasteiger charge is -2.35. The van der Waals surface area contributed by atoms with E-state index in [1.165, 1.54) is 35.2 Å². The zero-order valence-electron chi connectivity index (χ0n) is 26.3. The van der Waals surface area contributed by atoms with E-state index in [4.69, 9.17) is 23.2 Å². The van der Waals surface area contributed by atoms with Crippen LogP contribution in [0.15, 0.2) is 108 Å². The third kappa shape index (κ3) is 8.95. The van der Waals surface area contributed by atoms with Gasteiger partial charge in [0.25, 0.3) is 10.0 Å². The fourth-order valence-corrected chi connectivity index (χ4v) is 8.04. The largest absolute Gasteiger partial charge is 0.352 e. The molecule has 0 heterocycles. The predicted octanol–water partition coefficient (Wildman–Crippen LogP) is 7.59. The minimum Gasteiger partial charge on any atom is -0.352 e. The summed E-state index contributed by atoms with van der Waals surface area (Å²) in [7, 11) is -4.27. The van der Waals surface area contributed by atoms with Crippen molar-refractivity contribution < 1.29 is 18.0 Å². The number of hydrogen-bond donors (Lipinski definition) is 1. The van der Waals surface area contributed by atoms with Crippen LogP contribution in [0.1, 0.15) is 48.8 Å². The lowest BCUT2D eigenvalue weighted by atomic mass is 9.94. The molecule has 0 bridgehead atoms. The zero-order valence-corrected chi connectivity index (χ0v) is 28.6. The molecule has 2 amide bonds. The molecular formula is C37H39Cl2N3O4S. The van der Waals surface area contributed by atoms with Crippen LogP contribution in [0.5, 0.6) is 0 Å². The monoisotopic (exact) mass is 691 g/mol. The minimum absolute atomic E-state index is 0.0000667. The molecule has 0 radical (unpaired) electrons. The van der Waals surface area contributed by atoms with E-state index in [1.807, 2.05) is 61.5 Å². The van der Waals surface area contributed by atoms with Gasteiger partial charge in [-0.1, -0.05) is 121 Å². The number of carbonyl (C=O) groups excluding carboxylic acids is 2. The zero-order chi connectivity index (χ0) is 33.4. The smallest absolute Gasteiger partial charge is 0.264 e. The van der Waals surface area contributed by atoms with Crippen molar-refractivity contribution >= 4 is 50.7 Å².